The Hall–Kier alpha value is -2.74. The minimum Gasteiger partial charge on any atom is -0.348 e. The molecule has 0 spiro atoms. The van der Waals surface area contributed by atoms with Gasteiger partial charge in [-0.1, -0.05) is 12.1 Å². The maximum absolute atomic E-state index is 13.4. The Morgan fingerprint density at radius 3 is 2.50 bits per heavy atom. The maximum Gasteiger partial charge on any atom is 0.251 e. The van der Waals surface area contributed by atoms with E-state index in [1.54, 1.807) is 0 Å². The Labute approximate surface area is 114 Å². The molecule has 2 rings (SSSR count). The zero-order valence-electron chi connectivity index (χ0n) is 10.4. The van der Waals surface area contributed by atoms with E-state index in [2.05, 4.69) is 5.32 Å². The highest BCUT2D eigenvalue weighted by Gasteiger charge is 2.10. The second-order valence-corrected chi connectivity index (χ2v) is 4.08. The molecular weight excluding hydrogens is 262 g/mol. The minimum atomic E-state index is -0.965. The number of nitrogens with one attached hydrogen (secondary N) is 1. The van der Waals surface area contributed by atoms with Crippen molar-refractivity contribution in [1.29, 1.82) is 5.26 Å². The highest BCUT2D eigenvalue weighted by molar-refractivity contribution is 5.94. The highest BCUT2D eigenvalue weighted by atomic mass is 19.2. The second-order valence-electron chi connectivity index (χ2n) is 4.08. The fourth-order valence-electron chi connectivity index (χ4n) is 1.66. The van der Waals surface area contributed by atoms with Gasteiger partial charge in [0.25, 0.3) is 5.91 Å². The van der Waals surface area contributed by atoms with Crippen LogP contribution in [-0.2, 0) is 6.54 Å². The Balaban J connectivity index is 2.05. The van der Waals surface area contributed by atoms with E-state index in [9.17, 15) is 13.6 Å². The lowest BCUT2D eigenvalue weighted by Crippen LogP contribution is -2.23. The van der Waals surface area contributed by atoms with Crippen molar-refractivity contribution in [1.82, 2.24) is 5.32 Å². The predicted molar refractivity (Wildman–Crippen MR) is 68.7 cm³/mol. The van der Waals surface area contributed by atoms with E-state index < -0.39 is 17.5 Å². The molecule has 0 fully saturated rings. The number of nitriles is 1. The molecule has 0 saturated carbocycles. The van der Waals surface area contributed by atoms with Crippen molar-refractivity contribution in [3.8, 4) is 6.07 Å². The molecule has 1 amide bonds. The lowest BCUT2D eigenvalue weighted by Gasteiger charge is -2.06. The van der Waals surface area contributed by atoms with Gasteiger partial charge in [-0.3, -0.25) is 4.79 Å². The van der Waals surface area contributed by atoms with E-state index in [-0.39, 0.29) is 12.1 Å². The quantitative estimate of drug-likeness (QED) is 0.934. The molecule has 5 heteroatoms. The summed E-state index contributed by atoms with van der Waals surface area (Å²) in [6, 6.07) is 11.7. The van der Waals surface area contributed by atoms with E-state index in [4.69, 9.17) is 5.26 Å². The van der Waals surface area contributed by atoms with Crippen LogP contribution < -0.4 is 5.32 Å². The van der Waals surface area contributed by atoms with Crippen molar-refractivity contribution in [3.63, 3.8) is 0 Å². The van der Waals surface area contributed by atoms with Gasteiger partial charge in [-0.05, 0) is 30.3 Å². The van der Waals surface area contributed by atoms with Gasteiger partial charge in [-0.25, -0.2) is 8.78 Å². The molecule has 0 aliphatic heterocycles. The van der Waals surface area contributed by atoms with Crippen LogP contribution in [-0.4, -0.2) is 5.91 Å². The van der Waals surface area contributed by atoms with Gasteiger partial charge in [0.15, 0.2) is 11.6 Å². The molecular formula is C15H10F2N2O. The summed E-state index contributed by atoms with van der Waals surface area (Å²) in [5.74, 6) is -2.33. The fourth-order valence-corrected chi connectivity index (χ4v) is 1.66. The molecule has 0 atom stereocenters. The van der Waals surface area contributed by atoms with Gasteiger partial charge in [0.05, 0.1) is 11.6 Å². The number of benzene rings is 2. The summed E-state index contributed by atoms with van der Waals surface area (Å²) in [6.07, 6.45) is 0. The molecule has 0 radical (unpaired) electrons. The summed E-state index contributed by atoms with van der Waals surface area (Å²) in [5, 5.41) is 11.1. The summed E-state index contributed by atoms with van der Waals surface area (Å²) in [6.45, 7) is -0.109. The van der Waals surface area contributed by atoms with Gasteiger partial charge in [-0.15, -0.1) is 0 Å². The molecule has 20 heavy (non-hydrogen) atoms. The first kappa shape index (κ1) is 13.7. The standard InChI is InChI=1S/C15H10F2N2O/c16-13-3-1-2-12(14(13)17)9-19-15(20)11-6-4-10(8-18)5-7-11/h1-7H,9H2,(H,19,20). The summed E-state index contributed by atoms with van der Waals surface area (Å²) >= 11 is 0. The van der Waals surface area contributed by atoms with Crippen molar-refractivity contribution in [2.75, 3.05) is 0 Å². The summed E-state index contributed by atoms with van der Waals surface area (Å²) < 4.78 is 26.4. The normalized spacial score (nSPS) is 9.85. The molecule has 0 aliphatic rings. The van der Waals surface area contributed by atoms with Crippen molar-refractivity contribution in [3.05, 3.63) is 70.8 Å². The van der Waals surface area contributed by atoms with Crippen molar-refractivity contribution in [2.45, 2.75) is 6.54 Å². The van der Waals surface area contributed by atoms with Gasteiger partial charge < -0.3 is 5.32 Å². The van der Waals surface area contributed by atoms with Gasteiger partial charge in [0, 0.05) is 17.7 Å². The van der Waals surface area contributed by atoms with Crippen LogP contribution in [0.4, 0.5) is 8.78 Å². The molecule has 0 unspecified atom stereocenters. The summed E-state index contributed by atoms with van der Waals surface area (Å²) in [5.41, 5.74) is 0.866. The molecule has 0 saturated heterocycles. The van der Waals surface area contributed by atoms with Crippen LogP contribution in [0.2, 0.25) is 0 Å². The van der Waals surface area contributed by atoms with E-state index in [0.717, 1.165) is 6.07 Å². The predicted octanol–water partition coefficient (Wildman–Crippen LogP) is 2.77. The van der Waals surface area contributed by atoms with Crippen LogP contribution >= 0.6 is 0 Å². The molecule has 100 valence electrons. The monoisotopic (exact) mass is 272 g/mol. The molecule has 0 bridgehead atoms. The van der Waals surface area contributed by atoms with Crippen LogP contribution in [0.15, 0.2) is 42.5 Å². The number of nitrogens with zero attached hydrogens (tertiary/aromatic N) is 1. The first-order chi connectivity index (χ1) is 9.61. The van der Waals surface area contributed by atoms with E-state index in [1.165, 1.54) is 36.4 Å². The van der Waals surface area contributed by atoms with Crippen molar-refractivity contribution < 1.29 is 13.6 Å². The molecule has 2 aromatic carbocycles. The first-order valence-electron chi connectivity index (χ1n) is 5.83. The highest BCUT2D eigenvalue weighted by Crippen LogP contribution is 2.11. The Morgan fingerprint density at radius 1 is 1.15 bits per heavy atom. The van der Waals surface area contributed by atoms with Gasteiger partial charge in [-0.2, -0.15) is 5.26 Å². The summed E-state index contributed by atoms with van der Waals surface area (Å²) in [7, 11) is 0. The van der Waals surface area contributed by atoms with Crippen LogP contribution in [0.1, 0.15) is 21.5 Å². The van der Waals surface area contributed by atoms with Crippen molar-refractivity contribution >= 4 is 5.91 Å². The number of rotatable bonds is 3. The van der Waals surface area contributed by atoms with E-state index in [1.807, 2.05) is 6.07 Å². The third kappa shape index (κ3) is 2.98. The van der Waals surface area contributed by atoms with Crippen LogP contribution in [0.3, 0.4) is 0 Å². The average molecular weight is 272 g/mol. The maximum atomic E-state index is 13.4. The van der Waals surface area contributed by atoms with Gasteiger partial charge in [0.2, 0.25) is 0 Å². The molecule has 3 nitrogen and oxygen atoms in total. The molecule has 0 heterocycles. The average Bonchev–Trinajstić information content (AvgIpc) is 2.48. The van der Waals surface area contributed by atoms with Crippen LogP contribution in [0, 0.1) is 23.0 Å². The Kier molecular flexibility index (Phi) is 4.06. The lowest BCUT2D eigenvalue weighted by atomic mass is 10.1. The fraction of sp³-hybridized carbons (Fsp3) is 0.0667. The third-order valence-electron chi connectivity index (χ3n) is 2.75. The zero-order valence-corrected chi connectivity index (χ0v) is 10.4. The Bertz CT molecular complexity index is 675. The molecule has 2 aromatic rings. The second kappa shape index (κ2) is 5.93. The molecule has 1 N–H and O–H groups in total. The SMILES string of the molecule is N#Cc1ccc(C(=O)NCc2cccc(F)c2F)cc1. The number of halogens is 2. The van der Waals surface area contributed by atoms with Crippen LogP contribution in [0.5, 0.6) is 0 Å². The Morgan fingerprint density at radius 2 is 1.85 bits per heavy atom. The number of carbonyl (C=O) groups is 1. The minimum absolute atomic E-state index is 0.0759. The molecule has 0 aliphatic carbocycles. The smallest absolute Gasteiger partial charge is 0.251 e. The van der Waals surface area contributed by atoms with Crippen LogP contribution in [0.25, 0.3) is 0 Å². The van der Waals surface area contributed by atoms with Crippen molar-refractivity contribution in [2.24, 2.45) is 0 Å². The third-order valence-corrected chi connectivity index (χ3v) is 2.75. The molecule has 0 aromatic heterocycles. The number of hydrogen-bond acceptors (Lipinski definition) is 2. The van der Waals surface area contributed by atoms with Gasteiger partial charge in [0.1, 0.15) is 0 Å². The lowest BCUT2D eigenvalue weighted by molar-refractivity contribution is 0.0950. The largest absolute Gasteiger partial charge is 0.348 e. The van der Waals surface area contributed by atoms with E-state index in [0.29, 0.717) is 11.1 Å². The zero-order chi connectivity index (χ0) is 14.5. The first-order valence-corrected chi connectivity index (χ1v) is 5.83. The van der Waals surface area contributed by atoms with Gasteiger partial charge >= 0.3 is 0 Å². The summed E-state index contributed by atoms with van der Waals surface area (Å²) in [4.78, 5) is 11.8. The van der Waals surface area contributed by atoms with E-state index >= 15 is 0 Å². The topological polar surface area (TPSA) is 52.9 Å². The number of hydrogen-bond donors (Lipinski definition) is 1. The number of carbonyl (C=O) groups excluding carboxylic acids is 1. The number of amides is 1.